The fraction of sp³-hybridized carbons (Fsp3) is 0.150. The Bertz CT molecular complexity index is 1170. The number of aryl methyl sites for hydroxylation is 1. The maximum atomic E-state index is 12.5. The number of fused-ring (bicyclic) bond motifs is 1. The zero-order chi connectivity index (χ0) is 21.8. The lowest BCUT2D eigenvalue weighted by atomic mass is 10.1. The van der Waals surface area contributed by atoms with Crippen molar-refractivity contribution in [1.82, 2.24) is 10.3 Å². The molecule has 0 aliphatic rings. The van der Waals surface area contributed by atoms with Gasteiger partial charge >= 0.3 is 5.97 Å². The molecule has 154 valence electrons. The number of aromatic amines is 1. The smallest absolute Gasteiger partial charge is 0.325 e. The Morgan fingerprint density at radius 2 is 1.93 bits per heavy atom. The number of aromatic nitrogens is 1. The monoisotopic (exact) mass is 429 g/mol. The Labute approximate surface area is 175 Å². The number of para-hydroxylation sites is 1. The predicted octanol–water partition coefficient (Wildman–Crippen LogP) is 3.19. The average Bonchev–Trinajstić information content (AvgIpc) is 3.06. The number of nitro benzene ring substituents is 1. The molecule has 30 heavy (non-hydrogen) atoms. The zero-order valence-corrected chi connectivity index (χ0v) is 16.5. The summed E-state index contributed by atoms with van der Waals surface area (Å²) < 4.78 is 4.95. The van der Waals surface area contributed by atoms with Crippen molar-refractivity contribution in [3.8, 4) is 0 Å². The molecule has 0 radical (unpaired) electrons. The third-order valence-electron chi connectivity index (χ3n) is 4.33. The van der Waals surface area contributed by atoms with E-state index in [-0.39, 0.29) is 16.4 Å². The van der Waals surface area contributed by atoms with Crippen molar-refractivity contribution in [3.05, 3.63) is 74.4 Å². The van der Waals surface area contributed by atoms with Gasteiger partial charge in [0, 0.05) is 33.8 Å². The van der Waals surface area contributed by atoms with Gasteiger partial charge in [-0.3, -0.25) is 24.5 Å². The van der Waals surface area contributed by atoms with Gasteiger partial charge in [-0.15, -0.1) is 0 Å². The molecule has 2 N–H and O–H groups in total. The quantitative estimate of drug-likeness (QED) is 0.256. The molecular formula is C20H16ClN3O6. The highest BCUT2D eigenvalue weighted by Gasteiger charge is 2.19. The Morgan fingerprint density at radius 3 is 2.67 bits per heavy atom. The number of carbonyl (C=O) groups is 3. The van der Waals surface area contributed by atoms with Crippen LogP contribution in [-0.4, -0.2) is 40.7 Å². The van der Waals surface area contributed by atoms with E-state index >= 15 is 0 Å². The number of ketones is 1. The Hall–Kier alpha value is -3.72. The molecule has 0 fully saturated rings. The molecule has 0 atom stereocenters. The van der Waals surface area contributed by atoms with E-state index in [1.54, 1.807) is 19.1 Å². The van der Waals surface area contributed by atoms with Crippen LogP contribution >= 0.6 is 11.6 Å². The molecule has 0 aliphatic carbocycles. The molecule has 0 saturated heterocycles. The van der Waals surface area contributed by atoms with Crippen molar-refractivity contribution in [1.29, 1.82) is 0 Å². The highest BCUT2D eigenvalue weighted by atomic mass is 35.5. The number of carbonyl (C=O) groups excluding carboxylic acids is 3. The molecular weight excluding hydrogens is 414 g/mol. The molecule has 0 bridgehead atoms. The maximum Gasteiger partial charge on any atom is 0.325 e. The first-order valence-corrected chi connectivity index (χ1v) is 9.14. The molecule has 9 nitrogen and oxygen atoms in total. The second kappa shape index (κ2) is 8.75. The van der Waals surface area contributed by atoms with E-state index in [1.807, 2.05) is 12.1 Å². The first-order valence-electron chi connectivity index (χ1n) is 8.76. The SMILES string of the molecule is Cc1[nH]c2ccccc2c1C(=O)COC(=O)CNC(=O)c1ccc(Cl)c([N+](=O)[O-])c1. The lowest BCUT2D eigenvalue weighted by Gasteiger charge is -2.07. The highest BCUT2D eigenvalue weighted by Crippen LogP contribution is 2.25. The number of H-pyrrole nitrogens is 1. The number of nitrogens with zero attached hydrogens (tertiary/aromatic N) is 1. The van der Waals surface area contributed by atoms with E-state index in [1.165, 1.54) is 12.1 Å². The van der Waals surface area contributed by atoms with Crippen LogP contribution in [0, 0.1) is 17.0 Å². The van der Waals surface area contributed by atoms with Crippen molar-refractivity contribution in [2.45, 2.75) is 6.92 Å². The minimum atomic E-state index is -0.822. The predicted molar refractivity (Wildman–Crippen MR) is 109 cm³/mol. The summed E-state index contributed by atoms with van der Waals surface area (Å²) in [6.45, 7) is 0.764. The number of Topliss-reactive ketones (excluding diaryl/α,β-unsaturated/α-hetero) is 1. The molecule has 0 saturated carbocycles. The van der Waals surface area contributed by atoms with Gasteiger partial charge in [-0.2, -0.15) is 0 Å². The summed E-state index contributed by atoms with van der Waals surface area (Å²) in [4.78, 5) is 49.8. The minimum absolute atomic E-state index is 0.0376. The Morgan fingerprint density at radius 1 is 1.20 bits per heavy atom. The summed E-state index contributed by atoms with van der Waals surface area (Å²) in [6, 6.07) is 10.8. The van der Waals surface area contributed by atoms with Crippen molar-refractivity contribution in [3.63, 3.8) is 0 Å². The summed E-state index contributed by atoms with van der Waals surface area (Å²) >= 11 is 5.70. The standard InChI is InChI=1S/C20H16ClN3O6/c1-11-19(13-4-2-3-5-15(13)23-11)17(25)10-30-18(26)9-22-20(27)12-6-7-14(21)16(8-12)24(28)29/h2-8,23H,9-10H2,1H3,(H,22,27). The Kier molecular flexibility index (Phi) is 6.12. The average molecular weight is 430 g/mol. The second-order valence-electron chi connectivity index (χ2n) is 6.36. The maximum absolute atomic E-state index is 12.5. The summed E-state index contributed by atoms with van der Waals surface area (Å²) in [7, 11) is 0. The number of benzene rings is 2. The number of hydrogen-bond acceptors (Lipinski definition) is 6. The van der Waals surface area contributed by atoms with Gasteiger partial charge in [-0.25, -0.2) is 0 Å². The molecule has 10 heteroatoms. The van der Waals surface area contributed by atoms with Crippen molar-refractivity contribution in [2.24, 2.45) is 0 Å². The second-order valence-corrected chi connectivity index (χ2v) is 6.77. The summed E-state index contributed by atoms with van der Waals surface area (Å²) in [5, 5.41) is 13.8. The number of ether oxygens (including phenoxy) is 1. The molecule has 0 spiro atoms. The van der Waals surface area contributed by atoms with Gasteiger partial charge in [-0.05, 0) is 25.1 Å². The number of esters is 1. The summed E-state index contributed by atoms with van der Waals surface area (Å²) in [5.41, 5.74) is 1.44. The van der Waals surface area contributed by atoms with Gasteiger partial charge in [0.1, 0.15) is 11.6 Å². The number of amides is 1. The van der Waals surface area contributed by atoms with Crippen LogP contribution in [0.2, 0.25) is 5.02 Å². The van der Waals surface area contributed by atoms with Gasteiger partial charge in [0.25, 0.3) is 11.6 Å². The van der Waals surface area contributed by atoms with Crippen LogP contribution in [0.5, 0.6) is 0 Å². The number of halogens is 1. The van der Waals surface area contributed by atoms with Gasteiger partial charge in [0.15, 0.2) is 6.61 Å². The van der Waals surface area contributed by atoms with E-state index in [4.69, 9.17) is 16.3 Å². The van der Waals surface area contributed by atoms with Crippen LogP contribution in [0.15, 0.2) is 42.5 Å². The summed E-state index contributed by atoms with van der Waals surface area (Å²) in [5.74, 6) is -1.92. The van der Waals surface area contributed by atoms with E-state index in [0.717, 1.165) is 17.0 Å². The Balaban J connectivity index is 1.57. The van der Waals surface area contributed by atoms with Crippen LogP contribution < -0.4 is 5.32 Å². The van der Waals surface area contributed by atoms with Gasteiger partial charge in [0.2, 0.25) is 5.78 Å². The topological polar surface area (TPSA) is 131 Å². The van der Waals surface area contributed by atoms with Gasteiger partial charge < -0.3 is 15.0 Å². The van der Waals surface area contributed by atoms with Crippen LogP contribution in [0.4, 0.5) is 5.69 Å². The van der Waals surface area contributed by atoms with Crippen LogP contribution in [0.25, 0.3) is 10.9 Å². The van der Waals surface area contributed by atoms with E-state index < -0.39 is 35.6 Å². The van der Waals surface area contributed by atoms with Crippen molar-refractivity contribution >= 4 is 45.9 Å². The molecule has 2 aromatic carbocycles. The molecule has 1 amide bonds. The lowest BCUT2D eigenvalue weighted by molar-refractivity contribution is -0.384. The largest absolute Gasteiger partial charge is 0.456 e. The normalized spacial score (nSPS) is 10.6. The first kappa shape index (κ1) is 21.0. The molecule has 1 aromatic heterocycles. The molecule has 3 rings (SSSR count). The number of rotatable bonds is 7. The van der Waals surface area contributed by atoms with E-state index in [0.29, 0.717) is 11.3 Å². The number of nitrogens with one attached hydrogen (secondary N) is 2. The minimum Gasteiger partial charge on any atom is -0.456 e. The van der Waals surface area contributed by atoms with Gasteiger partial charge in [0.05, 0.1) is 4.92 Å². The number of hydrogen-bond donors (Lipinski definition) is 2. The first-order chi connectivity index (χ1) is 14.3. The lowest BCUT2D eigenvalue weighted by Crippen LogP contribution is -2.31. The van der Waals surface area contributed by atoms with E-state index in [2.05, 4.69) is 10.3 Å². The highest BCUT2D eigenvalue weighted by molar-refractivity contribution is 6.32. The summed E-state index contributed by atoms with van der Waals surface area (Å²) in [6.07, 6.45) is 0. The fourth-order valence-corrected chi connectivity index (χ4v) is 3.14. The van der Waals surface area contributed by atoms with Crippen molar-refractivity contribution in [2.75, 3.05) is 13.2 Å². The zero-order valence-electron chi connectivity index (χ0n) is 15.7. The third-order valence-corrected chi connectivity index (χ3v) is 4.65. The van der Waals surface area contributed by atoms with E-state index in [9.17, 15) is 24.5 Å². The molecule has 0 unspecified atom stereocenters. The van der Waals surface area contributed by atoms with Crippen LogP contribution in [-0.2, 0) is 9.53 Å². The van der Waals surface area contributed by atoms with Gasteiger partial charge in [-0.1, -0.05) is 29.8 Å². The fourth-order valence-electron chi connectivity index (χ4n) is 2.95. The van der Waals surface area contributed by atoms with Crippen LogP contribution in [0.3, 0.4) is 0 Å². The van der Waals surface area contributed by atoms with Crippen molar-refractivity contribution < 1.29 is 24.0 Å². The molecule has 0 aliphatic heterocycles. The molecule has 1 heterocycles. The number of nitro groups is 1. The van der Waals surface area contributed by atoms with Crippen LogP contribution in [0.1, 0.15) is 26.4 Å². The third kappa shape index (κ3) is 4.47. The molecule has 3 aromatic rings.